The Balaban J connectivity index is 2.33. The summed E-state index contributed by atoms with van der Waals surface area (Å²) in [5.41, 5.74) is 4.12. The van der Waals surface area contributed by atoms with Crippen LogP contribution in [0.4, 0.5) is 0 Å². The van der Waals surface area contributed by atoms with E-state index in [1.54, 1.807) is 13.3 Å². The van der Waals surface area contributed by atoms with E-state index in [2.05, 4.69) is 36.1 Å². The van der Waals surface area contributed by atoms with E-state index in [4.69, 9.17) is 10.6 Å². The number of aryl methyl sites for hydroxylation is 1. The molecule has 3 N–H and O–H groups in total. The molecular weight excluding hydrogens is 304 g/mol. The van der Waals surface area contributed by atoms with Crippen LogP contribution in [-0.4, -0.2) is 38.9 Å². The minimum atomic E-state index is 0.0664. The average molecular weight is 331 g/mol. The van der Waals surface area contributed by atoms with Crippen molar-refractivity contribution in [3.63, 3.8) is 0 Å². The zero-order valence-electron chi connectivity index (χ0n) is 13.0. The molecule has 3 atom stereocenters. The van der Waals surface area contributed by atoms with Gasteiger partial charge >= 0.3 is 0 Å². The summed E-state index contributed by atoms with van der Waals surface area (Å²) in [7, 11) is 1.70. The number of methoxy groups -OCH3 is 1. The largest absolute Gasteiger partial charge is 0.493 e. The van der Waals surface area contributed by atoms with Gasteiger partial charge in [-0.05, 0) is 12.8 Å². The number of hydrazine groups is 1. The number of hydrogen-bond acceptors (Lipinski definition) is 6. The van der Waals surface area contributed by atoms with Gasteiger partial charge in [0.2, 0.25) is 0 Å². The van der Waals surface area contributed by atoms with Crippen LogP contribution >= 0.6 is 23.5 Å². The molecule has 0 spiro atoms. The van der Waals surface area contributed by atoms with Gasteiger partial charge in [0.25, 0.3) is 0 Å². The van der Waals surface area contributed by atoms with Crippen molar-refractivity contribution in [3.8, 4) is 5.75 Å². The number of thioether (sulfide) groups is 2. The Morgan fingerprint density at radius 3 is 2.86 bits per heavy atom. The molecule has 0 aromatic carbocycles. The van der Waals surface area contributed by atoms with Crippen LogP contribution in [0, 0.1) is 0 Å². The molecule has 1 fully saturated rings. The molecule has 5 nitrogen and oxygen atoms in total. The number of nitrogens with two attached hydrogens (primary N) is 1. The molecule has 2 rings (SSSR count). The van der Waals surface area contributed by atoms with E-state index < -0.39 is 0 Å². The summed E-state index contributed by atoms with van der Waals surface area (Å²) in [6.45, 7) is 5.30. The monoisotopic (exact) mass is 330 g/mol. The molecule has 0 aliphatic carbocycles. The topological polar surface area (TPSA) is 65.1 Å². The minimum Gasteiger partial charge on any atom is -0.493 e. The second kappa shape index (κ2) is 8.31. The van der Waals surface area contributed by atoms with E-state index in [0.29, 0.717) is 10.5 Å². The van der Waals surface area contributed by atoms with Gasteiger partial charge in [-0.3, -0.25) is 16.0 Å². The molecule has 1 aromatic rings. The van der Waals surface area contributed by atoms with Crippen LogP contribution in [-0.2, 0) is 6.54 Å². The maximum absolute atomic E-state index is 5.93. The van der Waals surface area contributed by atoms with E-state index in [-0.39, 0.29) is 6.04 Å². The van der Waals surface area contributed by atoms with Crippen molar-refractivity contribution in [1.82, 2.24) is 15.2 Å². The highest BCUT2D eigenvalue weighted by Gasteiger charge is 2.36. The van der Waals surface area contributed by atoms with E-state index in [0.717, 1.165) is 30.8 Å². The van der Waals surface area contributed by atoms with Crippen molar-refractivity contribution in [3.05, 3.63) is 11.9 Å². The van der Waals surface area contributed by atoms with Crippen molar-refractivity contribution in [2.75, 3.05) is 18.6 Å². The Morgan fingerprint density at radius 1 is 1.48 bits per heavy atom. The van der Waals surface area contributed by atoms with Crippen molar-refractivity contribution in [2.45, 2.75) is 49.8 Å². The Labute approximate surface area is 135 Å². The second-order valence-corrected chi connectivity index (χ2v) is 7.75. The lowest BCUT2D eigenvalue weighted by Crippen LogP contribution is -2.42. The highest BCUT2D eigenvalue weighted by Crippen LogP contribution is 2.42. The van der Waals surface area contributed by atoms with Crippen LogP contribution in [0.1, 0.15) is 38.4 Å². The number of hydrogen-bond donors (Lipinski definition) is 2. The Kier molecular flexibility index (Phi) is 6.73. The molecule has 1 saturated heterocycles. The summed E-state index contributed by atoms with van der Waals surface area (Å²) >= 11 is 4.07. The summed E-state index contributed by atoms with van der Waals surface area (Å²) in [6.07, 6.45) is 4.00. The van der Waals surface area contributed by atoms with Crippen molar-refractivity contribution in [1.29, 1.82) is 0 Å². The molecule has 21 heavy (non-hydrogen) atoms. The third kappa shape index (κ3) is 3.70. The lowest BCUT2D eigenvalue weighted by Gasteiger charge is -2.36. The lowest BCUT2D eigenvalue weighted by atomic mass is 10.1. The van der Waals surface area contributed by atoms with Crippen LogP contribution in [0.2, 0.25) is 0 Å². The average Bonchev–Trinajstić information content (AvgIpc) is 2.92. The Morgan fingerprint density at radius 2 is 2.24 bits per heavy atom. The SMILES string of the molecule is CCCn1ncc(OC)c1C(NN)C1SCCSC1CC. The van der Waals surface area contributed by atoms with Crippen molar-refractivity contribution >= 4 is 23.5 Å². The van der Waals surface area contributed by atoms with Gasteiger partial charge in [0.1, 0.15) is 0 Å². The smallest absolute Gasteiger partial charge is 0.161 e. The molecule has 1 aromatic heterocycles. The molecule has 1 aliphatic heterocycles. The first-order valence-corrected chi connectivity index (χ1v) is 9.65. The summed E-state index contributed by atoms with van der Waals surface area (Å²) in [5, 5.41) is 5.53. The van der Waals surface area contributed by atoms with Gasteiger partial charge in [0.05, 0.1) is 25.0 Å². The van der Waals surface area contributed by atoms with Crippen LogP contribution in [0.25, 0.3) is 0 Å². The standard InChI is InChI=1S/C14H26N4OS2/c1-4-6-18-13(10(19-3)9-16-18)12(17-15)14-11(5-2)20-7-8-21-14/h9,11-12,14,17H,4-8,15H2,1-3H3. The predicted molar refractivity (Wildman–Crippen MR) is 91.9 cm³/mol. The number of rotatable bonds is 7. The minimum absolute atomic E-state index is 0.0664. The van der Waals surface area contributed by atoms with Crippen LogP contribution in [0.3, 0.4) is 0 Å². The van der Waals surface area contributed by atoms with Crippen molar-refractivity contribution in [2.24, 2.45) is 5.84 Å². The summed E-state index contributed by atoms with van der Waals surface area (Å²) in [5.74, 6) is 9.16. The maximum atomic E-state index is 5.93. The molecule has 2 heterocycles. The van der Waals surface area contributed by atoms with E-state index in [1.165, 1.54) is 11.5 Å². The van der Waals surface area contributed by atoms with Crippen molar-refractivity contribution < 1.29 is 4.74 Å². The predicted octanol–water partition coefficient (Wildman–Crippen LogP) is 2.43. The molecule has 3 unspecified atom stereocenters. The third-order valence-corrected chi connectivity index (χ3v) is 7.15. The second-order valence-electron chi connectivity index (χ2n) is 5.12. The molecular formula is C14H26N4OS2. The number of nitrogens with zero attached hydrogens (tertiary/aromatic N) is 2. The lowest BCUT2D eigenvalue weighted by molar-refractivity contribution is 0.385. The first-order chi connectivity index (χ1) is 10.3. The summed E-state index contributed by atoms with van der Waals surface area (Å²) in [6, 6.07) is 0.0664. The first-order valence-electron chi connectivity index (χ1n) is 7.55. The van der Waals surface area contributed by atoms with Crippen LogP contribution in [0.5, 0.6) is 5.75 Å². The van der Waals surface area contributed by atoms with Crippen LogP contribution in [0.15, 0.2) is 6.20 Å². The van der Waals surface area contributed by atoms with Gasteiger partial charge in [-0.1, -0.05) is 13.8 Å². The van der Waals surface area contributed by atoms with Gasteiger partial charge in [0.15, 0.2) is 5.75 Å². The fraction of sp³-hybridized carbons (Fsp3) is 0.786. The maximum Gasteiger partial charge on any atom is 0.161 e. The normalized spacial score (nSPS) is 24.0. The molecule has 0 saturated carbocycles. The third-order valence-electron chi connectivity index (χ3n) is 3.80. The van der Waals surface area contributed by atoms with Gasteiger partial charge in [-0.25, -0.2) is 0 Å². The zero-order chi connectivity index (χ0) is 15.2. The molecule has 1 aliphatic rings. The Bertz CT molecular complexity index is 441. The quantitative estimate of drug-likeness (QED) is 0.591. The molecule has 0 amide bonds. The van der Waals surface area contributed by atoms with E-state index >= 15 is 0 Å². The molecule has 0 radical (unpaired) electrons. The number of ether oxygens (including phenoxy) is 1. The van der Waals surface area contributed by atoms with Gasteiger partial charge < -0.3 is 4.74 Å². The molecule has 120 valence electrons. The highest BCUT2D eigenvalue weighted by atomic mass is 32.2. The number of nitrogens with one attached hydrogen (secondary N) is 1. The fourth-order valence-corrected chi connectivity index (χ4v) is 6.02. The molecule has 7 heteroatoms. The first kappa shape index (κ1) is 17.0. The summed E-state index contributed by atoms with van der Waals surface area (Å²) < 4.78 is 7.56. The van der Waals surface area contributed by atoms with Gasteiger partial charge in [0, 0.05) is 28.6 Å². The summed E-state index contributed by atoms with van der Waals surface area (Å²) in [4.78, 5) is 0. The Hall–Kier alpha value is -0.370. The highest BCUT2D eigenvalue weighted by molar-refractivity contribution is 8.07. The van der Waals surface area contributed by atoms with Crippen LogP contribution < -0.4 is 16.0 Å². The van der Waals surface area contributed by atoms with Gasteiger partial charge in [-0.2, -0.15) is 28.6 Å². The zero-order valence-corrected chi connectivity index (χ0v) is 14.7. The molecule has 0 bridgehead atoms. The fourth-order valence-electron chi connectivity index (χ4n) is 2.81. The van der Waals surface area contributed by atoms with Gasteiger partial charge in [-0.15, -0.1) is 0 Å². The van der Waals surface area contributed by atoms with E-state index in [9.17, 15) is 0 Å². The van der Waals surface area contributed by atoms with E-state index in [1.807, 2.05) is 16.4 Å². The number of aromatic nitrogens is 2.